The number of amides is 1. The summed E-state index contributed by atoms with van der Waals surface area (Å²) in [5.41, 5.74) is -0.276. The lowest BCUT2D eigenvalue weighted by Crippen LogP contribution is -2.45. The number of aromatic nitrogens is 1. The minimum atomic E-state index is -0.564. The molecule has 0 radical (unpaired) electrons. The van der Waals surface area contributed by atoms with E-state index >= 15 is 0 Å². The molecule has 1 heterocycles. The summed E-state index contributed by atoms with van der Waals surface area (Å²) in [5, 5.41) is 2.39. The first kappa shape index (κ1) is 26.1. The molecule has 0 bridgehead atoms. The van der Waals surface area contributed by atoms with E-state index in [2.05, 4.69) is 41.4 Å². The van der Waals surface area contributed by atoms with Gasteiger partial charge in [0.2, 0.25) is 0 Å². The Morgan fingerprint density at radius 1 is 1.24 bits per heavy atom. The molecule has 2 atom stereocenters. The summed E-state index contributed by atoms with van der Waals surface area (Å²) in [6.07, 6.45) is -0.107. The second-order valence-corrected chi connectivity index (χ2v) is 9.42. The highest BCUT2D eigenvalue weighted by atomic mass is 127. The second-order valence-electron chi connectivity index (χ2n) is 7.85. The van der Waals surface area contributed by atoms with Crippen LogP contribution in [0.4, 0.5) is 4.79 Å². The fraction of sp³-hybridized carbons (Fsp3) is 0.750. The number of thiazole rings is 1. The van der Waals surface area contributed by atoms with Crippen molar-refractivity contribution in [2.45, 2.75) is 72.6 Å². The summed E-state index contributed by atoms with van der Waals surface area (Å²) >= 11 is 3.55. The number of ether oxygens (including phenoxy) is 3. The number of carbonyl (C=O) groups excluding carboxylic acids is 2. The highest BCUT2D eigenvalue weighted by Crippen LogP contribution is 2.31. The van der Waals surface area contributed by atoms with Gasteiger partial charge in [0.15, 0.2) is 5.69 Å². The molecule has 0 aliphatic heterocycles. The molecular weight excluding hydrogens is 507 g/mol. The van der Waals surface area contributed by atoms with Gasteiger partial charge < -0.3 is 14.2 Å². The zero-order valence-electron chi connectivity index (χ0n) is 18.4. The first-order valence-corrected chi connectivity index (χ1v) is 12.2. The minimum absolute atomic E-state index is 0.103. The first-order valence-electron chi connectivity index (χ1n) is 9.83. The highest BCUT2D eigenvalue weighted by Gasteiger charge is 2.33. The Kier molecular flexibility index (Phi) is 10.8. The number of hydrogen-bond donors (Lipinski definition) is 0. The Bertz CT molecular complexity index is 660. The summed E-state index contributed by atoms with van der Waals surface area (Å²) in [6, 6.07) is -0.103. The van der Waals surface area contributed by atoms with E-state index in [1.54, 1.807) is 17.2 Å². The number of esters is 1. The van der Waals surface area contributed by atoms with E-state index in [-0.39, 0.29) is 29.9 Å². The van der Waals surface area contributed by atoms with Crippen LogP contribution in [0.25, 0.3) is 0 Å². The van der Waals surface area contributed by atoms with E-state index in [4.69, 9.17) is 14.2 Å². The Labute approximate surface area is 191 Å². The molecule has 7 nitrogen and oxygen atoms in total. The molecule has 29 heavy (non-hydrogen) atoms. The van der Waals surface area contributed by atoms with Crippen LogP contribution in [0.2, 0.25) is 0 Å². The molecule has 9 heteroatoms. The number of rotatable bonds is 10. The smallest absolute Gasteiger partial charge is 0.411 e. The molecule has 0 aromatic carbocycles. The van der Waals surface area contributed by atoms with Crippen LogP contribution in [0.3, 0.4) is 0 Å². The van der Waals surface area contributed by atoms with Crippen LogP contribution in [0.1, 0.15) is 76.5 Å². The van der Waals surface area contributed by atoms with Gasteiger partial charge in [-0.25, -0.2) is 14.6 Å². The van der Waals surface area contributed by atoms with Gasteiger partial charge in [-0.2, -0.15) is 0 Å². The average molecular weight is 540 g/mol. The van der Waals surface area contributed by atoms with Gasteiger partial charge in [-0.05, 0) is 40.5 Å². The van der Waals surface area contributed by atoms with Crippen molar-refractivity contribution in [3.63, 3.8) is 0 Å². The summed E-state index contributed by atoms with van der Waals surface area (Å²) in [4.78, 5) is 30.9. The van der Waals surface area contributed by atoms with Gasteiger partial charge in [0, 0.05) is 24.4 Å². The molecule has 1 rings (SSSR count). The molecule has 0 aliphatic carbocycles. The first-order chi connectivity index (χ1) is 13.5. The van der Waals surface area contributed by atoms with Crippen molar-refractivity contribution in [3.8, 4) is 0 Å². The fourth-order valence-corrected chi connectivity index (χ4v) is 4.38. The molecule has 0 aliphatic rings. The molecule has 0 saturated carbocycles. The van der Waals surface area contributed by atoms with Crippen molar-refractivity contribution in [1.82, 2.24) is 9.88 Å². The number of nitrogens with zero attached hydrogens (tertiary/aromatic N) is 2. The molecule has 0 spiro atoms. The third kappa shape index (κ3) is 8.37. The maximum Gasteiger partial charge on any atom is 0.411 e. The van der Waals surface area contributed by atoms with Crippen LogP contribution >= 0.6 is 33.9 Å². The van der Waals surface area contributed by atoms with Crippen LogP contribution in [0.5, 0.6) is 0 Å². The van der Waals surface area contributed by atoms with E-state index in [9.17, 15) is 9.59 Å². The number of carbonyl (C=O) groups is 2. The van der Waals surface area contributed by atoms with Gasteiger partial charge in [0.05, 0.1) is 11.2 Å². The van der Waals surface area contributed by atoms with Crippen LogP contribution < -0.4 is 0 Å². The lowest BCUT2D eigenvalue weighted by atomic mass is 9.96. The third-order valence-corrected chi connectivity index (χ3v) is 5.70. The minimum Gasteiger partial charge on any atom is -0.461 e. The predicted octanol–water partition coefficient (Wildman–Crippen LogP) is 5.44. The van der Waals surface area contributed by atoms with Crippen molar-refractivity contribution >= 4 is 46.0 Å². The maximum atomic E-state index is 12.8. The van der Waals surface area contributed by atoms with Crippen LogP contribution in [0.15, 0.2) is 5.38 Å². The van der Waals surface area contributed by atoms with Gasteiger partial charge in [-0.1, -0.05) is 36.4 Å². The molecule has 1 aromatic heterocycles. The quantitative estimate of drug-likeness (QED) is 0.170. The van der Waals surface area contributed by atoms with Gasteiger partial charge in [-0.15, -0.1) is 11.3 Å². The van der Waals surface area contributed by atoms with Crippen molar-refractivity contribution in [1.29, 1.82) is 0 Å². The zero-order chi connectivity index (χ0) is 22.2. The standard InChI is InChI=1S/C20H33IN2O5S/c1-8-26-16(17-22-14(11-29-17)18(24)27-9-2)10-15(13(3)4)23(12-21)19(25)28-20(5,6)7/h11,13,15-16H,8-10,12H2,1-7H3/t15?,16-/m0/s1. The summed E-state index contributed by atoms with van der Waals surface area (Å²) in [7, 11) is 0. The molecule has 0 saturated heterocycles. The van der Waals surface area contributed by atoms with Gasteiger partial charge in [-0.3, -0.25) is 4.90 Å². The number of halogens is 1. The highest BCUT2D eigenvalue weighted by molar-refractivity contribution is 14.1. The average Bonchev–Trinajstić information content (AvgIpc) is 3.09. The maximum absolute atomic E-state index is 12.8. The summed E-state index contributed by atoms with van der Waals surface area (Å²) < 4.78 is 17.1. The Hall–Kier alpha value is -0.940. The van der Waals surface area contributed by atoms with Crippen molar-refractivity contribution in [3.05, 3.63) is 16.1 Å². The van der Waals surface area contributed by atoms with E-state index in [1.165, 1.54) is 11.3 Å². The van der Waals surface area contributed by atoms with Crippen molar-refractivity contribution < 1.29 is 23.8 Å². The van der Waals surface area contributed by atoms with Gasteiger partial charge in [0.1, 0.15) is 16.7 Å². The Balaban J connectivity index is 3.07. The molecule has 166 valence electrons. The second kappa shape index (κ2) is 12.0. The summed E-state index contributed by atoms with van der Waals surface area (Å²) in [6.45, 7) is 14.2. The molecule has 1 amide bonds. The van der Waals surface area contributed by atoms with Crippen molar-refractivity contribution in [2.75, 3.05) is 17.8 Å². The molecule has 1 unspecified atom stereocenters. The van der Waals surface area contributed by atoms with Crippen LogP contribution in [0, 0.1) is 5.92 Å². The van der Waals surface area contributed by atoms with Crippen LogP contribution in [-0.2, 0) is 14.2 Å². The normalized spacial score (nSPS) is 13.8. The Morgan fingerprint density at radius 3 is 2.38 bits per heavy atom. The lowest BCUT2D eigenvalue weighted by molar-refractivity contribution is -0.00172. The van der Waals surface area contributed by atoms with E-state index in [1.807, 2.05) is 27.7 Å². The van der Waals surface area contributed by atoms with Crippen LogP contribution in [-0.4, -0.2) is 51.4 Å². The topological polar surface area (TPSA) is 78.0 Å². The van der Waals surface area contributed by atoms with Gasteiger partial charge in [0.25, 0.3) is 0 Å². The number of alkyl halides is 1. The molecule has 1 aromatic rings. The fourth-order valence-electron chi connectivity index (χ4n) is 2.75. The van der Waals surface area contributed by atoms with E-state index in [0.717, 1.165) is 0 Å². The van der Waals surface area contributed by atoms with E-state index in [0.29, 0.717) is 29.2 Å². The summed E-state index contributed by atoms with van der Waals surface area (Å²) in [5.74, 6) is -0.252. The Morgan fingerprint density at radius 2 is 1.90 bits per heavy atom. The molecular formula is C20H33IN2O5S. The molecule has 0 fully saturated rings. The lowest BCUT2D eigenvalue weighted by Gasteiger charge is -2.36. The van der Waals surface area contributed by atoms with E-state index < -0.39 is 11.6 Å². The van der Waals surface area contributed by atoms with Crippen molar-refractivity contribution in [2.24, 2.45) is 5.92 Å². The molecule has 0 N–H and O–H groups in total. The van der Waals surface area contributed by atoms with Gasteiger partial charge >= 0.3 is 12.1 Å². The predicted molar refractivity (Wildman–Crippen MR) is 123 cm³/mol. The SMILES string of the molecule is CCOC(=O)c1csc([C@H](CC(C(C)C)N(CI)C(=O)OC(C)(C)C)OCC)n1. The number of hydrogen-bond acceptors (Lipinski definition) is 7. The monoisotopic (exact) mass is 540 g/mol. The zero-order valence-corrected chi connectivity index (χ0v) is 21.3. The third-order valence-electron chi connectivity index (χ3n) is 4.03. The largest absolute Gasteiger partial charge is 0.461 e.